The Morgan fingerprint density at radius 3 is 2.73 bits per heavy atom. The fourth-order valence-electron chi connectivity index (χ4n) is 3.19. The topological polar surface area (TPSA) is 101 Å². The molecule has 3 rings (SSSR count). The third kappa shape index (κ3) is 4.11. The number of amides is 2. The molecule has 1 aromatic heterocycles. The van der Waals surface area contributed by atoms with Crippen molar-refractivity contribution in [2.45, 2.75) is 39.4 Å². The maximum Gasteiger partial charge on any atom is 0.274 e. The molecule has 1 atom stereocenters. The minimum atomic E-state index is -0.735. The van der Waals surface area contributed by atoms with Gasteiger partial charge in [-0.05, 0) is 23.5 Å². The van der Waals surface area contributed by atoms with Crippen LogP contribution in [-0.4, -0.2) is 34.5 Å². The van der Waals surface area contributed by atoms with E-state index in [2.05, 4.69) is 33.6 Å². The van der Waals surface area contributed by atoms with E-state index in [4.69, 9.17) is 10.3 Å². The molecule has 0 aliphatic carbocycles. The minimum absolute atomic E-state index is 0.101. The molecule has 7 nitrogen and oxygen atoms in total. The Morgan fingerprint density at radius 1 is 1.31 bits per heavy atom. The van der Waals surface area contributed by atoms with Gasteiger partial charge in [0.05, 0.1) is 6.54 Å². The van der Waals surface area contributed by atoms with Gasteiger partial charge >= 0.3 is 0 Å². The van der Waals surface area contributed by atoms with Crippen molar-refractivity contribution >= 4 is 11.8 Å². The molecule has 2 aromatic rings. The smallest absolute Gasteiger partial charge is 0.274 e. The van der Waals surface area contributed by atoms with Gasteiger partial charge in [-0.3, -0.25) is 14.5 Å². The summed E-state index contributed by atoms with van der Waals surface area (Å²) < 4.78 is 5.31. The molecule has 26 heavy (non-hydrogen) atoms. The minimum Gasteiger partial charge on any atom is -0.368 e. The van der Waals surface area contributed by atoms with Crippen molar-refractivity contribution in [3.8, 4) is 0 Å². The molecule has 138 valence electrons. The Hall–Kier alpha value is -2.67. The molecule has 0 spiro atoms. The fourth-order valence-corrected chi connectivity index (χ4v) is 3.19. The summed E-state index contributed by atoms with van der Waals surface area (Å²) in [5.41, 5.74) is 8.18. The lowest BCUT2D eigenvalue weighted by Gasteiger charge is -2.27. The van der Waals surface area contributed by atoms with E-state index in [1.807, 2.05) is 19.9 Å². The van der Waals surface area contributed by atoms with Gasteiger partial charge in [-0.25, -0.2) is 0 Å². The van der Waals surface area contributed by atoms with Crippen LogP contribution in [0, 0.1) is 5.92 Å². The summed E-state index contributed by atoms with van der Waals surface area (Å²) in [6.07, 6.45) is 0.992. The normalized spacial score (nSPS) is 15.5. The van der Waals surface area contributed by atoms with Crippen molar-refractivity contribution in [3.05, 3.63) is 52.9 Å². The first-order valence-corrected chi connectivity index (χ1v) is 8.79. The molecule has 1 aliphatic heterocycles. The molecule has 0 bridgehead atoms. The standard InChI is InChI=1S/C19H24N4O3/c1-12(2)17(18(20)24)21-19(25)16-9-15(26-22-16)11-23-8-7-13-5-3-4-6-14(13)10-23/h3-6,9,12,17H,7-8,10-11H2,1-2H3,(H2,20,24)(H,21,25)/t17-/m0/s1. The Morgan fingerprint density at radius 2 is 2.04 bits per heavy atom. The van der Waals surface area contributed by atoms with Gasteiger partial charge in [-0.2, -0.15) is 0 Å². The average molecular weight is 356 g/mol. The number of nitrogens with one attached hydrogen (secondary N) is 1. The highest BCUT2D eigenvalue weighted by Gasteiger charge is 2.24. The molecular weight excluding hydrogens is 332 g/mol. The van der Waals surface area contributed by atoms with E-state index in [-0.39, 0.29) is 11.6 Å². The van der Waals surface area contributed by atoms with Crippen molar-refractivity contribution in [3.63, 3.8) is 0 Å². The number of carbonyl (C=O) groups excluding carboxylic acids is 2. The number of nitrogens with two attached hydrogens (primary N) is 1. The van der Waals surface area contributed by atoms with Crippen LogP contribution in [0.15, 0.2) is 34.9 Å². The molecule has 0 radical (unpaired) electrons. The molecule has 3 N–H and O–H groups in total. The van der Waals surface area contributed by atoms with Crippen LogP contribution in [0.5, 0.6) is 0 Å². The molecule has 0 saturated heterocycles. The van der Waals surface area contributed by atoms with Gasteiger partial charge in [0.1, 0.15) is 6.04 Å². The van der Waals surface area contributed by atoms with Gasteiger partial charge < -0.3 is 15.6 Å². The number of fused-ring (bicyclic) bond motifs is 1. The molecule has 0 saturated carbocycles. The Labute approximate surface area is 152 Å². The number of nitrogens with zero attached hydrogens (tertiary/aromatic N) is 2. The van der Waals surface area contributed by atoms with E-state index in [9.17, 15) is 9.59 Å². The Kier molecular flexibility index (Phi) is 5.37. The molecule has 0 fully saturated rings. The maximum atomic E-state index is 12.3. The highest BCUT2D eigenvalue weighted by molar-refractivity contribution is 5.95. The maximum absolute atomic E-state index is 12.3. The van der Waals surface area contributed by atoms with Crippen LogP contribution in [0.3, 0.4) is 0 Å². The number of hydrogen-bond acceptors (Lipinski definition) is 5. The molecule has 0 unspecified atom stereocenters. The van der Waals surface area contributed by atoms with Gasteiger partial charge in [0.2, 0.25) is 5.91 Å². The van der Waals surface area contributed by atoms with Gasteiger partial charge in [0.15, 0.2) is 11.5 Å². The number of benzene rings is 1. The second-order valence-corrected chi connectivity index (χ2v) is 7.01. The van der Waals surface area contributed by atoms with Crippen molar-refractivity contribution in [1.82, 2.24) is 15.4 Å². The van der Waals surface area contributed by atoms with Crippen LogP contribution in [-0.2, 0) is 24.3 Å². The lowest BCUT2D eigenvalue weighted by atomic mass is 10.00. The van der Waals surface area contributed by atoms with Crippen LogP contribution >= 0.6 is 0 Å². The van der Waals surface area contributed by atoms with E-state index in [0.717, 1.165) is 19.5 Å². The van der Waals surface area contributed by atoms with E-state index in [0.29, 0.717) is 12.3 Å². The summed E-state index contributed by atoms with van der Waals surface area (Å²) in [5.74, 6) is -0.503. The highest BCUT2D eigenvalue weighted by Crippen LogP contribution is 2.20. The monoisotopic (exact) mass is 356 g/mol. The average Bonchev–Trinajstić information content (AvgIpc) is 3.07. The molecule has 1 aliphatic rings. The number of rotatable bonds is 6. The summed E-state index contributed by atoms with van der Waals surface area (Å²) >= 11 is 0. The van der Waals surface area contributed by atoms with Crippen molar-refractivity contribution in [1.29, 1.82) is 0 Å². The summed E-state index contributed by atoms with van der Waals surface area (Å²) in [7, 11) is 0. The number of aromatic nitrogens is 1. The molecule has 2 heterocycles. The summed E-state index contributed by atoms with van der Waals surface area (Å²) in [5, 5.41) is 6.44. The van der Waals surface area contributed by atoms with Crippen LogP contribution in [0.25, 0.3) is 0 Å². The second kappa shape index (κ2) is 7.70. The van der Waals surface area contributed by atoms with Crippen LogP contribution in [0.1, 0.15) is 41.2 Å². The zero-order valence-corrected chi connectivity index (χ0v) is 15.1. The lowest BCUT2D eigenvalue weighted by molar-refractivity contribution is -0.120. The molecule has 7 heteroatoms. The zero-order chi connectivity index (χ0) is 18.7. The first-order valence-electron chi connectivity index (χ1n) is 8.79. The van der Waals surface area contributed by atoms with Crippen molar-refractivity contribution < 1.29 is 14.1 Å². The van der Waals surface area contributed by atoms with Crippen LogP contribution in [0.4, 0.5) is 0 Å². The van der Waals surface area contributed by atoms with Crippen LogP contribution < -0.4 is 11.1 Å². The van der Waals surface area contributed by atoms with Crippen molar-refractivity contribution in [2.75, 3.05) is 6.54 Å². The first-order chi connectivity index (χ1) is 12.4. The number of primary amides is 1. The molecule has 1 aromatic carbocycles. The highest BCUT2D eigenvalue weighted by atomic mass is 16.5. The van der Waals surface area contributed by atoms with Crippen LogP contribution in [0.2, 0.25) is 0 Å². The summed E-state index contributed by atoms with van der Waals surface area (Å²) in [4.78, 5) is 26.0. The van der Waals surface area contributed by atoms with Gasteiger partial charge in [-0.1, -0.05) is 43.3 Å². The Balaban J connectivity index is 1.61. The molecule has 2 amide bonds. The second-order valence-electron chi connectivity index (χ2n) is 7.01. The van der Waals surface area contributed by atoms with Gasteiger partial charge in [0.25, 0.3) is 5.91 Å². The number of hydrogen-bond donors (Lipinski definition) is 2. The Bertz CT molecular complexity index is 800. The van der Waals surface area contributed by atoms with Gasteiger partial charge in [0, 0.05) is 19.2 Å². The third-order valence-corrected chi connectivity index (χ3v) is 4.64. The quantitative estimate of drug-likeness (QED) is 0.816. The third-order valence-electron chi connectivity index (χ3n) is 4.64. The predicted molar refractivity (Wildman–Crippen MR) is 96.0 cm³/mol. The lowest BCUT2D eigenvalue weighted by Crippen LogP contribution is -2.47. The number of carbonyl (C=O) groups is 2. The van der Waals surface area contributed by atoms with E-state index < -0.39 is 17.9 Å². The molecular formula is C19H24N4O3. The SMILES string of the molecule is CC(C)[C@H](NC(=O)c1cc(CN2CCc3ccccc3C2)on1)C(N)=O. The predicted octanol–water partition coefficient (Wildman–Crippen LogP) is 1.47. The summed E-state index contributed by atoms with van der Waals surface area (Å²) in [6.45, 7) is 5.99. The largest absolute Gasteiger partial charge is 0.368 e. The first kappa shape index (κ1) is 18.1. The van der Waals surface area contributed by atoms with E-state index >= 15 is 0 Å². The van der Waals surface area contributed by atoms with E-state index in [1.54, 1.807) is 6.07 Å². The zero-order valence-electron chi connectivity index (χ0n) is 15.1. The van der Waals surface area contributed by atoms with E-state index in [1.165, 1.54) is 11.1 Å². The van der Waals surface area contributed by atoms with Crippen molar-refractivity contribution in [2.24, 2.45) is 11.7 Å². The fraction of sp³-hybridized carbons (Fsp3) is 0.421. The van der Waals surface area contributed by atoms with Gasteiger partial charge in [-0.15, -0.1) is 0 Å². The summed E-state index contributed by atoms with van der Waals surface area (Å²) in [6, 6.07) is 9.29.